The van der Waals surface area contributed by atoms with Gasteiger partial charge in [-0.25, -0.2) is 0 Å². The molecule has 6 heteroatoms. The molecule has 0 atom stereocenters. The molecule has 0 radical (unpaired) electrons. The summed E-state index contributed by atoms with van der Waals surface area (Å²) < 4.78 is 5.93. The summed E-state index contributed by atoms with van der Waals surface area (Å²) in [6.45, 7) is 6.50. The molecule has 1 heterocycles. The first kappa shape index (κ1) is 16.1. The first-order chi connectivity index (χ1) is 10.1. The Hall–Kier alpha value is -1.30. The summed E-state index contributed by atoms with van der Waals surface area (Å²) in [5, 5.41) is 0.521. The lowest BCUT2D eigenvalue weighted by atomic mass is 10.2. The number of amides is 1. The molecule has 1 fully saturated rings. The van der Waals surface area contributed by atoms with Crippen molar-refractivity contribution in [3.63, 3.8) is 0 Å². The zero-order valence-electron chi connectivity index (χ0n) is 11.5. The van der Waals surface area contributed by atoms with E-state index in [1.54, 1.807) is 24.3 Å². The van der Waals surface area contributed by atoms with Crippen LogP contribution in [0.5, 0.6) is 5.75 Å². The van der Waals surface area contributed by atoms with Crippen molar-refractivity contribution in [3.05, 3.63) is 46.3 Å². The van der Waals surface area contributed by atoms with Gasteiger partial charge in [-0.05, 0) is 30.7 Å². The molecule has 0 saturated carbocycles. The van der Waals surface area contributed by atoms with Gasteiger partial charge in [-0.15, -0.1) is 6.58 Å². The zero-order chi connectivity index (χ0) is 15.4. The highest BCUT2D eigenvalue weighted by Gasteiger charge is 2.30. The van der Waals surface area contributed by atoms with Gasteiger partial charge >= 0.3 is 0 Å². The van der Waals surface area contributed by atoms with Crippen molar-refractivity contribution in [2.45, 2.75) is 6.92 Å². The van der Waals surface area contributed by atoms with Crippen LogP contribution in [-0.2, 0) is 4.79 Å². The fourth-order valence-corrected chi connectivity index (χ4v) is 3.34. The lowest BCUT2D eigenvalue weighted by molar-refractivity contribution is -0.121. The normalized spacial score (nSPS) is 16.7. The Labute approximate surface area is 138 Å². The Bertz CT molecular complexity index is 628. The van der Waals surface area contributed by atoms with Gasteiger partial charge in [0.05, 0.1) is 16.5 Å². The Morgan fingerprint density at radius 2 is 2.29 bits per heavy atom. The third-order valence-corrected chi connectivity index (χ3v) is 4.41. The lowest BCUT2D eigenvalue weighted by Gasteiger charge is -2.10. The van der Waals surface area contributed by atoms with E-state index in [0.717, 1.165) is 5.56 Å². The second kappa shape index (κ2) is 7.11. The Morgan fingerprint density at radius 1 is 1.52 bits per heavy atom. The molecule has 3 nitrogen and oxygen atoms in total. The standard InChI is InChI=1S/C15H14ClNO2S2/c1-3-7-17-14(18)13(21-15(17)20)9-10-5-6-12(19-4-2)11(16)8-10/h3,5-6,8-9H,1,4,7H2,2H3/b13-9-. The highest BCUT2D eigenvalue weighted by Crippen LogP contribution is 2.33. The van der Waals surface area contributed by atoms with Crippen molar-refractivity contribution in [3.8, 4) is 5.75 Å². The van der Waals surface area contributed by atoms with E-state index in [1.807, 2.05) is 13.0 Å². The predicted molar refractivity (Wildman–Crippen MR) is 92.7 cm³/mol. The minimum atomic E-state index is -0.102. The van der Waals surface area contributed by atoms with Crippen LogP contribution >= 0.6 is 35.6 Å². The molecule has 1 aliphatic rings. The van der Waals surface area contributed by atoms with Crippen molar-refractivity contribution in [1.29, 1.82) is 0 Å². The van der Waals surface area contributed by atoms with Gasteiger partial charge in [0.1, 0.15) is 10.1 Å². The minimum Gasteiger partial charge on any atom is -0.492 e. The monoisotopic (exact) mass is 339 g/mol. The molecule has 1 aromatic carbocycles. The number of nitrogens with zero attached hydrogens (tertiary/aromatic N) is 1. The van der Waals surface area contributed by atoms with Crippen LogP contribution in [-0.4, -0.2) is 28.3 Å². The highest BCUT2D eigenvalue weighted by atomic mass is 35.5. The van der Waals surface area contributed by atoms with Gasteiger partial charge in [-0.1, -0.05) is 47.7 Å². The van der Waals surface area contributed by atoms with Crippen LogP contribution in [0.15, 0.2) is 35.8 Å². The van der Waals surface area contributed by atoms with E-state index in [-0.39, 0.29) is 5.91 Å². The molecule has 110 valence electrons. The maximum atomic E-state index is 12.2. The first-order valence-corrected chi connectivity index (χ1v) is 7.95. The smallest absolute Gasteiger partial charge is 0.266 e. The number of thiocarbonyl (C=S) groups is 1. The molecule has 1 amide bonds. The number of halogens is 1. The van der Waals surface area contributed by atoms with Gasteiger partial charge in [0.15, 0.2) is 0 Å². The summed E-state index contributed by atoms with van der Waals surface area (Å²) in [6.07, 6.45) is 3.44. The molecule has 0 unspecified atom stereocenters. The summed E-state index contributed by atoms with van der Waals surface area (Å²) in [5.74, 6) is 0.533. The second-order valence-corrected chi connectivity index (χ2v) is 6.29. The van der Waals surface area contributed by atoms with Crippen LogP contribution in [0.4, 0.5) is 0 Å². The number of ether oxygens (including phenoxy) is 1. The topological polar surface area (TPSA) is 29.5 Å². The fraction of sp³-hybridized carbons (Fsp3) is 0.200. The number of thioether (sulfide) groups is 1. The summed E-state index contributed by atoms with van der Waals surface area (Å²) in [7, 11) is 0. The van der Waals surface area contributed by atoms with Crippen molar-refractivity contribution in [2.24, 2.45) is 0 Å². The SMILES string of the molecule is C=CCN1C(=O)/C(=C/c2ccc(OCC)c(Cl)c2)SC1=S. The largest absolute Gasteiger partial charge is 0.492 e. The molecular formula is C15H14ClNO2S2. The van der Waals surface area contributed by atoms with Gasteiger partial charge in [-0.2, -0.15) is 0 Å². The number of hydrogen-bond donors (Lipinski definition) is 0. The molecule has 2 rings (SSSR count). The molecule has 1 aliphatic heterocycles. The average Bonchev–Trinajstić information content (AvgIpc) is 2.70. The first-order valence-electron chi connectivity index (χ1n) is 6.35. The van der Waals surface area contributed by atoms with Crippen LogP contribution in [0.25, 0.3) is 6.08 Å². The number of benzene rings is 1. The molecular weight excluding hydrogens is 326 g/mol. The van der Waals surface area contributed by atoms with Crippen molar-refractivity contribution >= 4 is 51.9 Å². The maximum absolute atomic E-state index is 12.2. The van der Waals surface area contributed by atoms with Crippen LogP contribution in [0.3, 0.4) is 0 Å². The third-order valence-electron chi connectivity index (χ3n) is 2.74. The van der Waals surface area contributed by atoms with E-state index >= 15 is 0 Å². The minimum absolute atomic E-state index is 0.102. The number of hydrogen-bond acceptors (Lipinski definition) is 4. The van der Waals surface area contributed by atoms with E-state index in [0.29, 0.717) is 33.1 Å². The van der Waals surface area contributed by atoms with E-state index in [4.69, 9.17) is 28.6 Å². The van der Waals surface area contributed by atoms with Gasteiger partial charge < -0.3 is 4.74 Å². The van der Waals surface area contributed by atoms with Crippen LogP contribution in [0, 0.1) is 0 Å². The van der Waals surface area contributed by atoms with Gasteiger partial charge in [0.25, 0.3) is 5.91 Å². The zero-order valence-corrected chi connectivity index (χ0v) is 13.9. The highest BCUT2D eigenvalue weighted by molar-refractivity contribution is 8.26. The quantitative estimate of drug-likeness (QED) is 0.458. The molecule has 0 N–H and O–H groups in total. The Kier molecular flexibility index (Phi) is 5.45. The van der Waals surface area contributed by atoms with E-state index in [9.17, 15) is 4.79 Å². The van der Waals surface area contributed by atoms with Crippen LogP contribution in [0.1, 0.15) is 12.5 Å². The van der Waals surface area contributed by atoms with Crippen LogP contribution < -0.4 is 4.74 Å². The molecule has 0 aromatic heterocycles. The summed E-state index contributed by atoms with van der Waals surface area (Å²) in [6, 6.07) is 5.42. The van der Waals surface area contributed by atoms with E-state index < -0.39 is 0 Å². The van der Waals surface area contributed by atoms with Gasteiger partial charge in [0, 0.05) is 6.54 Å². The van der Waals surface area contributed by atoms with Gasteiger partial charge in [0.2, 0.25) is 0 Å². The molecule has 21 heavy (non-hydrogen) atoms. The van der Waals surface area contributed by atoms with Crippen molar-refractivity contribution in [2.75, 3.05) is 13.2 Å². The summed E-state index contributed by atoms with van der Waals surface area (Å²) >= 11 is 12.6. The third kappa shape index (κ3) is 3.67. The van der Waals surface area contributed by atoms with E-state index in [2.05, 4.69) is 6.58 Å². The number of carbonyl (C=O) groups excluding carboxylic acids is 1. The average molecular weight is 340 g/mol. The summed E-state index contributed by atoms with van der Waals surface area (Å²) in [5.41, 5.74) is 0.836. The number of carbonyl (C=O) groups is 1. The molecule has 0 spiro atoms. The molecule has 1 saturated heterocycles. The van der Waals surface area contributed by atoms with Crippen molar-refractivity contribution < 1.29 is 9.53 Å². The predicted octanol–water partition coefficient (Wildman–Crippen LogP) is 4.13. The van der Waals surface area contributed by atoms with Gasteiger partial charge in [-0.3, -0.25) is 9.69 Å². The van der Waals surface area contributed by atoms with Crippen molar-refractivity contribution in [1.82, 2.24) is 4.90 Å². The maximum Gasteiger partial charge on any atom is 0.266 e. The molecule has 1 aromatic rings. The second-order valence-electron chi connectivity index (χ2n) is 4.20. The molecule has 0 aliphatic carbocycles. The Balaban J connectivity index is 2.24. The Morgan fingerprint density at radius 3 is 2.90 bits per heavy atom. The molecule has 0 bridgehead atoms. The lowest BCUT2D eigenvalue weighted by Crippen LogP contribution is -2.27. The van der Waals surface area contributed by atoms with E-state index in [1.165, 1.54) is 16.7 Å². The number of rotatable bonds is 5. The fourth-order valence-electron chi connectivity index (χ4n) is 1.82. The summed E-state index contributed by atoms with van der Waals surface area (Å²) in [4.78, 5) is 14.3. The van der Waals surface area contributed by atoms with Crippen LogP contribution in [0.2, 0.25) is 5.02 Å².